The molecule has 0 radical (unpaired) electrons. The van der Waals surface area contributed by atoms with Crippen LogP contribution >= 0.6 is 0 Å². The van der Waals surface area contributed by atoms with Crippen molar-refractivity contribution in [3.63, 3.8) is 0 Å². The summed E-state index contributed by atoms with van der Waals surface area (Å²) in [4.78, 5) is 16.5. The number of nitrogens with one attached hydrogen (secondary N) is 1. The van der Waals surface area contributed by atoms with Crippen molar-refractivity contribution in [2.24, 2.45) is 5.92 Å². The first-order chi connectivity index (χ1) is 7.49. The monoisotopic (exact) mass is 225 g/mol. The fraction of sp³-hybridized carbons (Fsp3) is 0.417. The zero-order valence-electron chi connectivity index (χ0n) is 9.71. The Balaban J connectivity index is 2.59. The van der Waals surface area contributed by atoms with Crippen LogP contribution in [0.3, 0.4) is 0 Å². The molecule has 1 aromatic rings. The van der Waals surface area contributed by atoms with Gasteiger partial charge in [0.05, 0.1) is 6.61 Å². The second-order valence-corrected chi connectivity index (χ2v) is 4.15. The Kier molecular flexibility index (Phi) is 4.43. The van der Waals surface area contributed by atoms with Gasteiger partial charge >= 0.3 is 0 Å². The average Bonchev–Trinajstić information content (AvgIpc) is 2.15. The number of benzene rings is 1. The summed E-state index contributed by atoms with van der Waals surface area (Å²) in [6.45, 7) is 6.10. The Morgan fingerprint density at radius 2 is 2.12 bits per heavy atom. The van der Waals surface area contributed by atoms with Gasteiger partial charge in [-0.15, -0.1) is 0 Å². The first kappa shape index (κ1) is 12.6. The van der Waals surface area contributed by atoms with E-state index in [2.05, 4.69) is 5.48 Å². The zero-order chi connectivity index (χ0) is 12.1. The minimum absolute atomic E-state index is 0.265. The first-order valence-corrected chi connectivity index (χ1v) is 5.18. The molecule has 16 heavy (non-hydrogen) atoms. The smallest absolute Gasteiger partial charge is 0.273 e. The Hall–Kier alpha value is -1.42. The highest BCUT2D eigenvalue weighted by molar-refractivity contribution is 5.93. The lowest BCUT2D eigenvalue weighted by Gasteiger charge is -2.08. The van der Waals surface area contributed by atoms with Crippen molar-refractivity contribution < 1.29 is 14.0 Å². The van der Waals surface area contributed by atoms with Gasteiger partial charge in [-0.1, -0.05) is 13.8 Å². The molecule has 0 fully saturated rings. The van der Waals surface area contributed by atoms with Gasteiger partial charge in [0.15, 0.2) is 0 Å². The fourth-order valence-electron chi connectivity index (χ4n) is 1.20. The Morgan fingerprint density at radius 1 is 1.44 bits per heavy atom. The molecular formula is C12H16FNO2. The average molecular weight is 225 g/mol. The van der Waals surface area contributed by atoms with Crippen LogP contribution in [-0.2, 0) is 4.84 Å². The summed E-state index contributed by atoms with van der Waals surface area (Å²) in [7, 11) is 0. The molecular weight excluding hydrogens is 209 g/mol. The van der Waals surface area contributed by atoms with Crippen molar-refractivity contribution >= 4 is 5.91 Å². The minimum Gasteiger partial charge on any atom is -0.273 e. The lowest BCUT2D eigenvalue weighted by Crippen LogP contribution is -2.25. The van der Waals surface area contributed by atoms with E-state index in [1.807, 2.05) is 13.8 Å². The molecule has 0 spiro atoms. The van der Waals surface area contributed by atoms with Crippen molar-refractivity contribution in [3.05, 3.63) is 35.1 Å². The topological polar surface area (TPSA) is 38.3 Å². The highest BCUT2D eigenvalue weighted by atomic mass is 19.1. The molecule has 4 heteroatoms. The van der Waals surface area contributed by atoms with Crippen LogP contribution in [0, 0.1) is 18.7 Å². The summed E-state index contributed by atoms with van der Waals surface area (Å²) in [5, 5.41) is 0. The zero-order valence-corrected chi connectivity index (χ0v) is 9.71. The number of carbonyl (C=O) groups excluding carboxylic acids is 1. The van der Waals surface area contributed by atoms with Crippen molar-refractivity contribution in [2.45, 2.75) is 20.8 Å². The molecule has 1 amide bonds. The highest BCUT2D eigenvalue weighted by Crippen LogP contribution is 2.08. The van der Waals surface area contributed by atoms with E-state index in [1.165, 1.54) is 12.1 Å². The number of hydrogen-bond acceptors (Lipinski definition) is 2. The van der Waals surface area contributed by atoms with Gasteiger partial charge in [-0.05, 0) is 36.6 Å². The van der Waals surface area contributed by atoms with Gasteiger partial charge in [0.25, 0.3) is 5.91 Å². The molecule has 0 aromatic heterocycles. The van der Waals surface area contributed by atoms with E-state index >= 15 is 0 Å². The Bertz CT molecular complexity index is 357. The maximum atomic E-state index is 13.0. The fourth-order valence-corrected chi connectivity index (χ4v) is 1.20. The van der Waals surface area contributed by atoms with Gasteiger partial charge in [0.1, 0.15) is 5.82 Å². The van der Waals surface area contributed by atoms with Gasteiger partial charge in [-0.2, -0.15) is 0 Å². The molecule has 0 saturated carbocycles. The molecule has 0 aliphatic carbocycles. The molecule has 0 saturated heterocycles. The number of halogens is 1. The third-order valence-electron chi connectivity index (χ3n) is 1.89. The molecule has 0 bridgehead atoms. The number of aryl methyl sites for hydroxylation is 1. The Labute approximate surface area is 94.6 Å². The van der Waals surface area contributed by atoms with E-state index in [0.29, 0.717) is 18.1 Å². The number of hydrogen-bond donors (Lipinski definition) is 1. The highest BCUT2D eigenvalue weighted by Gasteiger charge is 2.07. The molecule has 0 atom stereocenters. The molecule has 0 aliphatic rings. The van der Waals surface area contributed by atoms with Crippen LogP contribution in [0.5, 0.6) is 0 Å². The van der Waals surface area contributed by atoms with E-state index in [0.717, 1.165) is 0 Å². The third kappa shape index (κ3) is 3.98. The van der Waals surface area contributed by atoms with E-state index in [9.17, 15) is 9.18 Å². The minimum atomic E-state index is -0.428. The Morgan fingerprint density at radius 3 is 2.69 bits per heavy atom. The van der Waals surface area contributed by atoms with Crippen LogP contribution in [0.15, 0.2) is 18.2 Å². The number of carbonyl (C=O) groups is 1. The van der Waals surface area contributed by atoms with Crippen molar-refractivity contribution in [1.29, 1.82) is 0 Å². The summed E-state index contributed by atoms with van der Waals surface area (Å²) in [6, 6.07) is 4.16. The molecule has 0 heterocycles. The number of rotatable bonds is 4. The van der Waals surface area contributed by atoms with Crippen molar-refractivity contribution in [2.75, 3.05) is 6.61 Å². The quantitative estimate of drug-likeness (QED) is 0.799. The second-order valence-electron chi connectivity index (χ2n) is 4.15. The molecule has 88 valence electrons. The summed E-state index contributed by atoms with van der Waals surface area (Å²) < 4.78 is 13.0. The van der Waals surface area contributed by atoms with Crippen LogP contribution in [0.2, 0.25) is 0 Å². The van der Waals surface area contributed by atoms with Gasteiger partial charge in [0, 0.05) is 5.56 Å². The SMILES string of the molecule is Cc1cc(F)cc(C(=O)NOCC(C)C)c1. The predicted octanol–water partition coefficient (Wildman–Crippen LogP) is 2.45. The summed E-state index contributed by atoms with van der Waals surface area (Å²) in [5.74, 6) is -0.521. The van der Waals surface area contributed by atoms with Gasteiger partial charge < -0.3 is 0 Å². The normalized spacial score (nSPS) is 10.6. The van der Waals surface area contributed by atoms with Crippen molar-refractivity contribution in [3.8, 4) is 0 Å². The van der Waals surface area contributed by atoms with Crippen LogP contribution in [-0.4, -0.2) is 12.5 Å². The lowest BCUT2D eigenvalue weighted by atomic mass is 10.1. The standard InChI is InChI=1S/C12H16FNO2/c1-8(2)7-16-14-12(15)10-4-9(3)5-11(13)6-10/h4-6,8H,7H2,1-3H3,(H,14,15). The van der Waals surface area contributed by atoms with Crippen LogP contribution in [0.25, 0.3) is 0 Å². The molecule has 1 rings (SSSR count). The van der Waals surface area contributed by atoms with E-state index < -0.39 is 11.7 Å². The van der Waals surface area contributed by atoms with Gasteiger partial charge in [0.2, 0.25) is 0 Å². The molecule has 1 aromatic carbocycles. The summed E-state index contributed by atoms with van der Waals surface area (Å²) >= 11 is 0. The lowest BCUT2D eigenvalue weighted by molar-refractivity contribution is 0.0208. The molecule has 0 unspecified atom stereocenters. The molecule has 1 N–H and O–H groups in total. The third-order valence-corrected chi connectivity index (χ3v) is 1.89. The van der Waals surface area contributed by atoms with Gasteiger partial charge in [-0.25, -0.2) is 9.87 Å². The van der Waals surface area contributed by atoms with Crippen LogP contribution in [0.4, 0.5) is 4.39 Å². The van der Waals surface area contributed by atoms with Crippen molar-refractivity contribution in [1.82, 2.24) is 5.48 Å². The number of hydroxylamine groups is 1. The maximum Gasteiger partial charge on any atom is 0.274 e. The van der Waals surface area contributed by atoms with E-state index in [1.54, 1.807) is 13.0 Å². The van der Waals surface area contributed by atoms with E-state index in [4.69, 9.17) is 4.84 Å². The van der Waals surface area contributed by atoms with E-state index in [-0.39, 0.29) is 5.56 Å². The second kappa shape index (κ2) is 5.61. The predicted molar refractivity (Wildman–Crippen MR) is 59.4 cm³/mol. The first-order valence-electron chi connectivity index (χ1n) is 5.18. The summed E-state index contributed by atoms with van der Waals surface area (Å²) in [6.07, 6.45) is 0. The van der Waals surface area contributed by atoms with Gasteiger partial charge in [-0.3, -0.25) is 9.63 Å². The summed E-state index contributed by atoms with van der Waals surface area (Å²) in [5.41, 5.74) is 3.25. The van der Waals surface area contributed by atoms with Crippen LogP contribution < -0.4 is 5.48 Å². The number of amides is 1. The molecule has 3 nitrogen and oxygen atoms in total. The maximum absolute atomic E-state index is 13.0. The largest absolute Gasteiger partial charge is 0.274 e. The van der Waals surface area contributed by atoms with Crippen LogP contribution in [0.1, 0.15) is 29.8 Å². The molecule has 0 aliphatic heterocycles.